The van der Waals surface area contributed by atoms with E-state index < -0.39 is 16.6 Å². The minimum atomic E-state index is -1.75. The Bertz CT molecular complexity index is 488. The van der Waals surface area contributed by atoms with Gasteiger partial charge < -0.3 is 13.6 Å². The topological polar surface area (TPSA) is 27.7 Å². The van der Waals surface area contributed by atoms with Gasteiger partial charge in [-0.05, 0) is 76.5 Å². The van der Waals surface area contributed by atoms with E-state index in [1.54, 1.807) is 0 Å². The Morgan fingerprint density at radius 2 is 1.67 bits per heavy atom. The lowest BCUT2D eigenvalue weighted by Crippen LogP contribution is -2.32. The van der Waals surface area contributed by atoms with E-state index in [2.05, 4.69) is 66.1 Å². The molecular formula is C19H38O3Si2. The Hall–Kier alpha value is -0.686. The molecule has 140 valence electrons. The third-order valence-corrected chi connectivity index (χ3v) is 5.53. The van der Waals surface area contributed by atoms with Crippen LogP contribution in [0, 0.1) is 11.3 Å². The van der Waals surface area contributed by atoms with E-state index in [9.17, 15) is 0 Å². The summed E-state index contributed by atoms with van der Waals surface area (Å²) in [6, 6.07) is 0. The van der Waals surface area contributed by atoms with Crippen LogP contribution in [0.25, 0.3) is 0 Å². The molecule has 0 radical (unpaired) electrons. The van der Waals surface area contributed by atoms with Crippen molar-refractivity contribution < 1.29 is 13.6 Å². The molecule has 0 aromatic rings. The fourth-order valence-electron chi connectivity index (χ4n) is 2.67. The van der Waals surface area contributed by atoms with Gasteiger partial charge >= 0.3 is 0 Å². The molecule has 0 aromatic carbocycles. The first-order valence-corrected chi connectivity index (χ1v) is 16.0. The molecule has 1 aliphatic carbocycles. The molecule has 0 fully saturated rings. The second-order valence-electron chi connectivity index (χ2n) is 9.70. The lowest BCUT2D eigenvalue weighted by atomic mass is 9.73. The number of allylic oxidation sites excluding steroid dienone is 2. The van der Waals surface area contributed by atoms with E-state index in [0.717, 1.165) is 24.2 Å². The van der Waals surface area contributed by atoms with Crippen LogP contribution in [0.3, 0.4) is 0 Å². The maximum atomic E-state index is 6.39. The van der Waals surface area contributed by atoms with Crippen LogP contribution >= 0.6 is 0 Å². The third kappa shape index (κ3) is 7.05. The van der Waals surface area contributed by atoms with Crippen molar-refractivity contribution in [1.82, 2.24) is 0 Å². The zero-order valence-corrected chi connectivity index (χ0v) is 19.5. The summed E-state index contributed by atoms with van der Waals surface area (Å²) in [4.78, 5) is 0. The van der Waals surface area contributed by atoms with Crippen LogP contribution in [0.4, 0.5) is 0 Å². The molecule has 5 heteroatoms. The van der Waals surface area contributed by atoms with Gasteiger partial charge in [0.2, 0.25) is 16.6 Å². The van der Waals surface area contributed by atoms with Crippen LogP contribution in [0.2, 0.25) is 39.3 Å². The Labute approximate surface area is 151 Å². The van der Waals surface area contributed by atoms with E-state index in [-0.39, 0.29) is 5.41 Å². The minimum absolute atomic E-state index is 0.253. The largest absolute Gasteiger partial charge is 0.544 e. The monoisotopic (exact) mass is 370 g/mol. The van der Waals surface area contributed by atoms with Crippen molar-refractivity contribution in [2.75, 3.05) is 6.61 Å². The molecule has 0 saturated heterocycles. The number of hydrogen-bond donors (Lipinski definition) is 0. The lowest BCUT2D eigenvalue weighted by Gasteiger charge is -2.37. The molecule has 0 saturated carbocycles. The van der Waals surface area contributed by atoms with E-state index in [1.165, 1.54) is 0 Å². The SMILES string of the molecule is CCO/C(O[Si](C)(C)C)=C1/CC(C(C)(C)C)CC=C1O[Si](C)(C)C. The molecule has 1 unspecified atom stereocenters. The predicted octanol–water partition coefficient (Wildman–Crippen LogP) is 6.28. The fraction of sp³-hybridized carbons (Fsp3) is 0.789. The quantitative estimate of drug-likeness (QED) is 0.407. The highest BCUT2D eigenvalue weighted by Crippen LogP contribution is 2.42. The summed E-state index contributed by atoms with van der Waals surface area (Å²) in [6.07, 6.45) is 4.28. The molecule has 0 aliphatic heterocycles. The van der Waals surface area contributed by atoms with Gasteiger partial charge in [0.15, 0.2) is 0 Å². The van der Waals surface area contributed by atoms with Crippen molar-refractivity contribution >= 4 is 16.6 Å². The number of hydrogen-bond acceptors (Lipinski definition) is 3. The zero-order chi connectivity index (χ0) is 18.8. The van der Waals surface area contributed by atoms with Crippen molar-refractivity contribution in [1.29, 1.82) is 0 Å². The molecule has 0 N–H and O–H groups in total. The maximum Gasteiger partial charge on any atom is 0.272 e. The third-order valence-electron chi connectivity index (χ3n) is 3.90. The van der Waals surface area contributed by atoms with Crippen molar-refractivity contribution in [3.63, 3.8) is 0 Å². The van der Waals surface area contributed by atoms with E-state index in [0.29, 0.717) is 18.5 Å². The van der Waals surface area contributed by atoms with Crippen LogP contribution < -0.4 is 0 Å². The number of ether oxygens (including phenoxy) is 1. The van der Waals surface area contributed by atoms with Gasteiger partial charge in [0, 0.05) is 0 Å². The summed E-state index contributed by atoms with van der Waals surface area (Å²) in [5.41, 5.74) is 1.39. The van der Waals surface area contributed by atoms with Crippen molar-refractivity contribution in [3.8, 4) is 0 Å². The van der Waals surface area contributed by atoms with Gasteiger partial charge in [-0.15, -0.1) is 0 Å². The highest BCUT2D eigenvalue weighted by atomic mass is 28.4. The molecule has 0 spiro atoms. The molecule has 24 heavy (non-hydrogen) atoms. The molecule has 1 aliphatic rings. The summed E-state index contributed by atoms with van der Waals surface area (Å²) < 4.78 is 18.7. The summed E-state index contributed by atoms with van der Waals surface area (Å²) in [5, 5.41) is 0. The van der Waals surface area contributed by atoms with Crippen molar-refractivity contribution in [2.45, 2.75) is 79.8 Å². The molecule has 0 bridgehead atoms. The second kappa shape index (κ2) is 7.69. The maximum absolute atomic E-state index is 6.39. The van der Waals surface area contributed by atoms with E-state index in [4.69, 9.17) is 13.6 Å². The van der Waals surface area contributed by atoms with Crippen molar-refractivity contribution in [2.24, 2.45) is 11.3 Å². The van der Waals surface area contributed by atoms with E-state index >= 15 is 0 Å². The average Bonchev–Trinajstić information content (AvgIpc) is 2.33. The summed E-state index contributed by atoms with van der Waals surface area (Å²) in [5.74, 6) is 2.27. The van der Waals surface area contributed by atoms with Gasteiger partial charge in [0.1, 0.15) is 5.76 Å². The lowest BCUT2D eigenvalue weighted by molar-refractivity contribution is 0.101. The molecule has 0 amide bonds. The first kappa shape index (κ1) is 21.4. The molecule has 3 nitrogen and oxygen atoms in total. The average molecular weight is 371 g/mol. The Balaban J connectivity index is 3.32. The standard InChI is InChI=1S/C19H38O3Si2/c1-11-20-18(22-24(8,9)10)16-14-15(19(2,3)4)12-13-17(16)21-23(5,6)7/h13,15H,11-12,14H2,1-10H3/b18-16+. The molecule has 0 heterocycles. The van der Waals surface area contributed by atoms with Gasteiger partial charge in [0.05, 0.1) is 12.2 Å². The van der Waals surface area contributed by atoms with Crippen LogP contribution in [0.5, 0.6) is 0 Å². The summed E-state index contributed by atoms with van der Waals surface area (Å²) in [6.45, 7) is 22.8. The second-order valence-corrected chi connectivity index (χ2v) is 18.6. The zero-order valence-electron chi connectivity index (χ0n) is 17.5. The summed E-state index contributed by atoms with van der Waals surface area (Å²) in [7, 11) is -3.44. The normalized spacial score (nSPS) is 21.9. The fourth-order valence-corrected chi connectivity index (χ4v) is 4.27. The van der Waals surface area contributed by atoms with Gasteiger partial charge in [-0.1, -0.05) is 20.8 Å². The Morgan fingerprint density at radius 3 is 2.08 bits per heavy atom. The van der Waals surface area contributed by atoms with E-state index in [1.807, 2.05) is 6.92 Å². The molecular weight excluding hydrogens is 332 g/mol. The van der Waals surface area contributed by atoms with Crippen LogP contribution in [0.15, 0.2) is 23.4 Å². The van der Waals surface area contributed by atoms with Gasteiger partial charge in [-0.3, -0.25) is 0 Å². The first-order chi connectivity index (χ1) is 10.7. The molecule has 1 atom stereocenters. The highest BCUT2D eigenvalue weighted by Gasteiger charge is 2.34. The number of rotatable bonds is 6. The smallest absolute Gasteiger partial charge is 0.272 e. The van der Waals surface area contributed by atoms with Gasteiger partial charge in [-0.2, -0.15) is 0 Å². The summed E-state index contributed by atoms with van der Waals surface area (Å²) >= 11 is 0. The van der Waals surface area contributed by atoms with Gasteiger partial charge in [-0.25, -0.2) is 0 Å². The minimum Gasteiger partial charge on any atom is -0.544 e. The van der Waals surface area contributed by atoms with Crippen LogP contribution in [-0.4, -0.2) is 23.2 Å². The Morgan fingerprint density at radius 1 is 1.08 bits per heavy atom. The predicted molar refractivity (Wildman–Crippen MR) is 108 cm³/mol. The molecule has 0 aromatic heterocycles. The Kier molecular flexibility index (Phi) is 6.84. The van der Waals surface area contributed by atoms with Crippen LogP contribution in [-0.2, 0) is 13.6 Å². The van der Waals surface area contributed by atoms with Crippen molar-refractivity contribution in [3.05, 3.63) is 23.4 Å². The molecule has 1 rings (SSSR count). The van der Waals surface area contributed by atoms with Crippen LogP contribution in [0.1, 0.15) is 40.5 Å². The van der Waals surface area contributed by atoms with Gasteiger partial charge in [0.25, 0.3) is 5.95 Å². The highest BCUT2D eigenvalue weighted by molar-refractivity contribution is 6.70. The first-order valence-electron chi connectivity index (χ1n) is 9.17.